The fourth-order valence-electron chi connectivity index (χ4n) is 2.67. The first-order valence-electron chi connectivity index (χ1n) is 7.31. The minimum atomic E-state index is 0.220. The molecule has 1 unspecified atom stereocenters. The quantitative estimate of drug-likeness (QED) is 0.890. The van der Waals surface area contributed by atoms with Crippen LogP contribution in [0.1, 0.15) is 29.7 Å². The maximum Gasteiger partial charge on any atom is 0.0525 e. The van der Waals surface area contributed by atoms with Gasteiger partial charge in [0.25, 0.3) is 0 Å². The highest BCUT2D eigenvalue weighted by atomic mass is 35.5. The van der Waals surface area contributed by atoms with E-state index in [1.165, 1.54) is 16.8 Å². The lowest BCUT2D eigenvalue weighted by Crippen LogP contribution is -2.22. The van der Waals surface area contributed by atoms with Gasteiger partial charge in [0, 0.05) is 17.8 Å². The van der Waals surface area contributed by atoms with Crippen LogP contribution in [0.2, 0.25) is 5.02 Å². The first kappa shape index (κ1) is 15.9. The number of aryl methyl sites for hydroxylation is 1. The van der Waals surface area contributed by atoms with Gasteiger partial charge in [0.05, 0.1) is 6.04 Å². The predicted molar refractivity (Wildman–Crippen MR) is 92.2 cm³/mol. The number of rotatable bonds is 5. The summed E-state index contributed by atoms with van der Waals surface area (Å²) < 4.78 is 0. The summed E-state index contributed by atoms with van der Waals surface area (Å²) in [4.78, 5) is 2.27. The number of nitrogens with zero attached hydrogens (tertiary/aromatic N) is 1. The van der Waals surface area contributed by atoms with Crippen molar-refractivity contribution in [1.82, 2.24) is 0 Å². The largest absolute Gasteiger partial charge is 0.368 e. The summed E-state index contributed by atoms with van der Waals surface area (Å²) in [6.07, 6.45) is 0.922. The molecule has 0 aliphatic heterocycles. The Hall–Kier alpha value is -1.51. The fraction of sp³-hybridized carbons (Fsp3) is 0.333. The Bertz CT molecular complexity index is 610. The molecule has 0 aliphatic carbocycles. The molecule has 0 heterocycles. The van der Waals surface area contributed by atoms with E-state index >= 15 is 0 Å². The van der Waals surface area contributed by atoms with Gasteiger partial charge in [0.15, 0.2) is 0 Å². The molecule has 2 aromatic rings. The average molecular weight is 303 g/mol. The van der Waals surface area contributed by atoms with E-state index < -0.39 is 0 Å². The van der Waals surface area contributed by atoms with E-state index in [2.05, 4.69) is 50.1 Å². The van der Waals surface area contributed by atoms with Crippen LogP contribution < -0.4 is 10.6 Å². The van der Waals surface area contributed by atoms with E-state index in [4.69, 9.17) is 17.3 Å². The van der Waals surface area contributed by atoms with Crippen LogP contribution in [0.5, 0.6) is 0 Å². The van der Waals surface area contributed by atoms with Crippen molar-refractivity contribution in [1.29, 1.82) is 0 Å². The molecular formula is C18H23ClN2. The van der Waals surface area contributed by atoms with E-state index in [0.717, 1.165) is 17.0 Å². The first-order valence-corrected chi connectivity index (χ1v) is 7.69. The molecule has 0 saturated carbocycles. The zero-order valence-corrected chi connectivity index (χ0v) is 13.7. The number of hydrogen-bond donors (Lipinski definition) is 1. The number of nitrogens with two attached hydrogens (primary N) is 1. The maximum absolute atomic E-state index is 6.32. The molecule has 0 aromatic heterocycles. The van der Waals surface area contributed by atoms with E-state index in [9.17, 15) is 0 Å². The van der Waals surface area contributed by atoms with Gasteiger partial charge >= 0.3 is 0 Å². The van der Waals surface area contributed by atoms with Crippen LogP contribution in [-0.2, 0) is 6.42 Å². The molecule has 3 heteroatoms. The molecule has 2 N–H and O–H groups in total. The van der Waals surface area contributed by atoms with Gasteiger partial charge in [0.1, 0.15) is 0 Å². The molecular weight excluding hydrogens is 280 g/mol. The second-order valence-electron chi connectivity index (χ2n) is 5.47. The van der Waals surface area contributed by atoms with Crippen LogP contribution >= 0.6 is 11.6 Å². The van der Waals surface area contributed by atoms with Crippen LogP contribution in [0.4, 0.5) is 5.69 Å². The average Bonchev–Trinajstić information content (AvgIpc) is 2.47. The highest BCUT2D eigenvalue weighted by Gasteiger charge is 2.16. The van der Waals surface area contributed by atoms with Crippen molar-refractivity contribution in [3.8, 4) is 0 Å². The Labute approximate surface area is 132 Å². The lowest BCUT2D eigenvalue weighted by atomic mass is 10.0. The number of benzene rings is 2. The monoisotopic (exact) mass is 302 g/mol. The second-order valence-corrected chi connectivity index (χ2v) is 5.88. The van der Waals surface area contributed by atoms with Crippen LogP contribution in [0.25, 0.3) is 0 Å². The fourth-order valence-corrected chi connectivity index (χ4v) is 2.96. The summed E-state index contributed by atoms with van der Waals surface area (Å²) in [6.45, 7) is 5.00. The molecule has 0 spiro atoms. The molecule has 2 rings (SSSR count). The van der Waals surface area contributed by atoms with Gasteiger partial charge in [-0.3, -0.25) is 0 Å². The molecule has 21 heavy (non-hydrogen) atoms. The predicted octanol–water partition coefficient (Wildman–Crippen LogP) is 4.35. The number of hydrogen-bond acceptors (Lipinski definition) is 2. The Kier molecular flexibility index (Phi) is 5.27. The third-order valence-corrected chi connectivity index (χ3v) is 4.35. The standard InChI is InChI=1S/C18H23ClN2/c1-13-12-15(10-11-20)8-9-18(13)21(3)14(2)16-6-4-5-7-17(16)19/h4-9,12,14H,10-11,20H2,1-3H3. The van der Waals surface area contributed by atoms with Crippen molar-refractivity contribution >= 4 is 17.3 Å². The minimum absolute atomic E-state index is 0.220. The van der Waals surface area contributed by atoms with Gasteiger partial charge in [-0.05, 0) is 55.6 Å². The van der Waals surface area contributed by atoms with Gasteiger partial charge < -0.3 is 10.6 Å². The van der Waals surface area contributed by atoms with Crippen LogP contribution in [-0.4, -0.2) is 13.6 Å². The zero-order chi connectivity index (χ0) is 15.4. The van der Waals surface area contributed by atoms with Gasteiger partial charge in [-0.1, -0.05) is 41.9 Å². The number of halogens is 1. The van der Waals surface area contributed by atoms with Gasteiger partial charge in [-0.25, -0.2) is 0 Å². The Morgan fingerprint density at radius 3 is 2.52 bits per heavy atom. The SMILES string of the molecule is Cc1cc(CCN)ccc1N(C)C(C)c1ccccc1Cl. The maximum atomic E-state index is 6.32. The Balaban J connectivity index is 2.27. The van der Waals surface area contributed by atoms with E-state index in [-0.39, 0.29) is 6.04 Å². The van der Waals surface area contributed by atoms with Crippen molar-refractivity contribution in [2.75, 3.05) is 18.5 Å². The molecule has 0 bridgehead atoms. The molecule has 0 fully saturated rings. The Morgan fingerprint density at radius 2 is 1.90 bits per heavy atom. The molecule has 2 aromatic carbocycles. The van der Waals surface area contributed by atoms with Gasteiger partial charge in [-0.15, -0.1) is 0 Å². The molecule has 112 valence electrons. The van der Waals surface area contributed by atoms with E-state index in [1.54, 1.807) is 0 Å². The second kappa shape index (κ2) is 6.97. The Morgan fingerprint density at radius 1 is 1.19 bits per heavy atom. The topological polar surface area (TPSA) is 29.3 Å². The smallest absolute Gasteiger partial charge is 0.0525 e. The van der Waals surface area contributed by atoms with Crippen LogP contribution in [0.3, 0.4) is 0 Å². The molecule has 0 amide bonds. The summed E-state index contributed by atoms with van der Waals surface area (Å²) in [5, 5.41) is 0.814. The van der Waals surface area contributed by atoms with Crippen molar-refractivity contribution in [2.24, 2.45) is 5.73 Å². The van der Waals surface area contributed by atoms with E-state index in [0.29, 0.717) is 6.54 Å². The van der Waals surface area contributed by atoms with Gasteiger partial charge in [0.2, 0.25) is 0 Å². The molecule has 0 aliphatic rings. The molecule has 0 saturated heterocycles. The third-order valence-electron chi connectivity index (χ3n) is 4.01. The molecule has 2 nitrogen and oxygen atoms in total. The van der Waals surface area contributed by atoms with E-state index in [1.807, 2.05) is 18.2 Å². The van der Waals surface area contributed by atoms with Crippen molar-refractivity contribution in [3.63, 3.8) is 0 Å². The van der Waals surface area contributed by atoms with Crippen molar-refractivity contribution in [3.05, 3.63) is 64.2 Å². The highest BCUT2D eigenvalue weighted by Crippen LogP contribution is 2.31. The third kappa shape index (κ3) is 3.58. The van der Waals surface area contributed by atoms with Crippen molar-refractivity contribution in [2.45, 2.75) is 26.3 Å². The number of anilines is 1. The van der Waals surface area contributed by atoms with Crippen molar-refractivity contribution < 1.29 is 0 Å². The van der Waals surface area contributed by atoms with Crippen LogP contribution in [0.15, 0.2) is 42.5 Å². The summed E-state index contributed by atoms with van der Waals surface area (Å²) in [5.74, 6) is 0. The molecule has 0 radical (unpaired) electrons. The summed E-state index contributed by atoms with van der Waals surface area (Å²) in [5.41, 5.74) is 10.6. The van der Waals surface area contributed by atoms with Gasteiger partial charge in [-0.2, -0.15) is 0 Å². The minimum Gasteiger partial charge on any atom is -0.368 e. The highest BCUT2D eigenvalue weighted by molar-refractivity contribution is 6.31. The summed E-state index contributed by atoms with van der Waals surface area (Å²) >= 11 is 6.32. The molecule has 1 atom stereocenters. The summed E-state index contributed by atoms with van der Waals surface area (Å²) in [7, 11) is 2.11. The first-order chi connectivity index (χ1) is 10.0. The lowest BCUT2D eigenvalue weighted by Gasteiger charge is -2.29. The zero-order valence-electron chi connectivity index (χ0n) is 12.9. The van der Waals surface area contributed by atoms with Crippen LogP contribution in [0, 0.1) is 6.92 Å². The normalized spacial score (nSPS) is 12.2. The summed E-state index contributed by atoms with van der Waals surface area (Å²) in [6, 6.07) is 14.8. The lowest BCUT2D eigenvalue weighted by molar-refractivity contribution is 0.737.